The van der Waals surface area contributed by atoms with Gasteiger partial charge in [-0.15, -0.1) is 0 Å². The highest BCUT2D eigenvalue weighted by Crippen LogP contribution is 2.38. The lowest BCUT2D eigenvalue weighted by molar-refractivity contribution is 0.00578. The van der Waals surface area contributed by atoms with Crippen molar-refractivity contribution in [3.05, 3.63) is 28.8 Å². The van der Waals surface area contributed by atoms with Crippen LogP contribution in [0, 0.1) is 0 Å². The van der Waals surface area contributed by atoms with Gasteiger partial charge in [-0.2, -0.15) is 0 Å². The maximum absolute atomic E-state index is 6.30. The van der Waals surface area contributed by atoms with E-state index in [2.05, 4.69) is 81.4 Å². The lowest BCUT2D eigenvalue weighted by Gasteiger charge is -2.32. The molecule has 2 nitrogen and oxygen atoms in total. The normalized spacial score (nSPS) is 19.8. The zero-order chi connectivity index (χ0) is 18.4. The molecule has 1 saturated heterocycles. The summed E-state index contributed by atoms with van der Waals surface area (Å²) in [5.41, 5.74) is 4.92. The van der Waals surface area contributed by atoms with E-state index in [1.165, 1.54) is 16.7 Å². The quantitative estimate of drug-likeness (QED) is 0.692. The van der Waals surface area contributed by atoms with Gasteiger partial charge >= 0.3 is 7.12 Å². The van der Waals surface area contributed by atoms with Crippen LogP contribution in [0.4, 0.5) is 0 Å². The fourth-order valence-corrected chi connectivity index (χ4v) is 3.46. The van der Waals surface area contributed by atoms with E-state index in [0.29, 0.717) is 17.8 Å². The molecule has 24 heavy (non-hydrogen) atoms. The van der Waals surface area contributed by atoms with E-state index in [1.54, 1.807) is 0 Å². The van der Waals surface area contributed by atoms with Crippen LogP contribution in [0.25, 0.3) is 0 Å². The minimum absolute atomic E-state index is 0.286. The monoisotopic (exact) mass is 330 g/mol. The van der Waals surface area contributed by atoms with Gasteiger partial charge in [0.2, 0.25) is 0 Å². The smallest absolute Gasteiger partial charge is 0.399 e. The molecule has 1 heterocycles. The molecule has 0 N–H and O–H groups in total. The van der Waals surface area contributed by atoms with Crippen molar-refractivity contribution in [3.63, 3.8) is 0 Å². The number of benzene rings is 1. The van der Waals surface area contributed by atoms with Gasteiger partial charge in [-0.25, -0.2) is 0 Å². The second-order valence-electron chi connectivity index (χ2n) is 9.17. The number of hydrogen-bond acceptors (Lipinski definition) is 2. The van der Waals surface area contributed by atoms with E-state index < -0.39 is 0 Å². The first kappa shape index (κ1) is 19.5. The molecule has 1 aliphatic heterocycles. The van der Waals surface area contributed by atoms with Gasteiger partial charge in [0.25, 0.3) is 0 Å². The second kappa shape index (κ2) is 6.50. The predicted molar refractivity (Wildman–Crippen MR) is 104 cm³/mol. The zero-order valence-electron chi connectivity index (χ0n) is 17.3. The molecule has 0 aliphatic carbocycles. The number of hydrogen-bond donors (Lipinski definition) is 0. The minimum atomic E-state index is -0.301. The van der Waals surface area contributed by atoms with Gasteiger partial charge in [0.05, 0.1) is 11.2 Å². The van der Waals surface area contributed by atoms with Crippen LogP contribution in [0.15, 0.2) is 12.1 Å². The van der Waals surface area contributed by atoms with Crippen molar-refractivity contribution in [2.75, 3.05) is 0 Å². The Morgan fingerprint density at radius 3 is 1.38 bits per heavy atom. The molecule has 1 aromatic rings. The van der Waals surface area contributed by atoms with Crippen LogP contribution in [0.1, 0.15) is 104 Å². The molecular weight excluding hydrogens is 295 g/mol. The molecule has 1 aromatic carbocycles. The Labute approximate surface area is 149 Å². The van der Waals surface area contributed by atoms with Crippen LogP contribution in [-0.2, 0) is 9.31 Å². The Hall–Kier alpha value is -0.795. The molecule has 0 unspecified atom stereocenters. The van der Waals surface area contributed by atoms with Crippen LogP contribution in [0.2, 0.25) is 0 Å². The van der Waals surface area contributed by atoms with E-state index in [1.807, 2.05) is 0 Å². The average Bonchev–Trinajstić information content (AvgIpc) is 2.65. The topological polar surface area (TPSA) is 18.5 Å². The van der Waals surface area contributed by atoms with Crippen molar-refractivity contribution in [3.8, 4) is 0 Å². The van der Waals surface area contributed by atoms with Crippen LogP contribution in [0.3, 0.4) is 0 Å². The summed E-state index contributed by atoms with van der Waals surface area (Å²) in [6.07, 6.45) is 0. The van der Waals surface area contributed by atoms with Gasteiger partial charge in [-0.05, 0) is 67.6 Å². The molecule has 0 radical (unpaired) electrons. The Morgan fingerprint density at radius 2 is 1.08 bits per heavy atom. The summed E-state index contributed by atoms with van der Waals surface area (Å²) < 4.78 is 12.6. The molecule has 1 fully saturated rings. The minimum Gasteiger partial charge on any atom is -0.399 e. The summed E-state index contributed by atoms with van der Waals surface area (Å²) in [6.45, 7) is 22.1. The SMILES string of the molecule is CC(C)c1cc(B2OC(C)(C)C(C)(C)O2)cc(C(C)C)c1C(C)C. The van der Waals surface area contributed by atoms with Crippen molar-refractivity contribution < 1.29 is 9.31 Å². The predicted octanol–water partition coefficient (Wildman–Crippen LogP) is 5.36. The van der Waals surface area contributed by atoms with Crippen molar-refractivity contribution in [2.24, 2.45) is 0 Å². The molecule has 1 aliphatic rings. The lowest BCUT2D eigenvalue weighted by atomic mass is 9.72. The van der Waals surface area contributed by atoms with Gasteiger partial charge < -0.3 is 9.31 Å². The molecule has 0 aromatic heterocycles. The van der Waals surface area contributed by atoms with Crippen molar-refractivity contribution in [1.29, 1.82) is 0 Å². The first-order valence-electron chi connectivity index (χ1n) is 9.40. The molecule has 3 heteroatoms. The molecule has 0 atom stereocenters. The van der Waals surface area contributed by atoms with Crippen molar-refractivity contribution in [2.45, 2.75) is 98.2 Å². The third kappa shape index (κ3) is 3.43. The maximum atomic E-state index is 6.30. The molecule has 2 rings (SSSR count). The molecule has 0 spiro atoms. The summed E-state index contributed by atoms with van der Waals surface area (Å²) in [5, 5.41) is 0. The fourth-order valence-electron chi connectivity index (χ4n) is 3.46. The fraction of sp³-hybridized carbons (Fsp3) is 0.714. The van der Waals surface area contributed by atoms with E-state index in [-0.39, 0.29) is 18.3 Å². The van der Waals surface area contributed by atoms with Crippen LogP contribution < -0.4 is 5.46 Å². The molecule has 0 saturated carbocycles. The Balaban J connectivity index is 2.57. The van der Waals surface area contributed by atoms with Gasteiger partial charge in [0.15, 0.2) is 0 Å². The third-order valence-corrected chi connectivity index (χ3v) is 5.61. The van der Waals surface area contributed by atoms with Crippen LogP contribution in [0.5, 0.6) is 0 Å². The Bertz CT molecular complexity index is 555. The summed E-state index contributed by atoms with van der Waals surface area (Å²) in [6, 6.07) is 4.63. The highest BCUT2D eigenvalue weighted by atomic mass is 16.7. The number of rotatable bonds is 4. The van der Waals surface area contributed by atoms with Gasteiger partial charge in [0.1, 0.15) is 0 Å². The van der Waals surface area contributed by atoms with E-state index in [9.17, 15) is 0 Å². The first-order valence-corrected chi connectivity index (χ1v) is 9.40. The highest BCUT2D eigenvalue weighted by molar-refractivity contribution is 6.62. The lowest BCUT2D eigenvalue weighted by Crippen LogP contribution is -2.41. The summed E-state index contributed by atoms with van der Waals surface area (Å²) >= 11 is 0. The summed E-state index contributed by atoms with van der Waals surface area (Å²) in [5.74, 6) is 1.50. The van der Waals surface area contributed by atoms with E-state index in [4.69, 9.17) is 9.31 Å². The highest BCUT2D eigenvalue weighted by Gasteiger charge is 2.51. The molecular formula is C21H35BO2. The average molecular weight is 330 g/mol. The van der Waals surface area contributed by atoms with Crippen LogP contribution in [-0.4, -0.2) is 18.3 Å². The molecule has 0 bridgehead atoms. The van der Waals surface area contributed by atoms with Crippen LogP contribution >= 0.6 is 0 Å². The van der Waals surface area contributed by atoms with Gasteiger partial charge in [-0.3, -0.25) is 0 Å². The molecule has 134 valence electrons. The van der Waals surface area contributed by atoms with Gasteiger partial charge in [0, 0.05) is 0 Å². The largest absolute Gasteiger partial charge is 0.494 e. The van der Waals surface area contributed by atoms with Gasteiger partial charge in [-0.1, -0.05) is 53.7 Å². The first-order chi connectivity index (χ1) is 10.9. The van der Waals surface area contributed by atoms with E-state index >= 15 is 0 Å². The summed E-state index contributed by atoms with van der Waals surface area (Å²) in [4.78, 5) is 0. The second-order valence-corrected chi connectivity index (χ2v) is 9.17. The maximum Gasteiger partial charge on any atom is 0.494 e. The van der Waals surface area contributed by atoms with Crippen molar-refractivity contribution >= 4 is 12.6 Å². The molecule has 0 amide bonds. The Morgan fingerprint density at radius 1 is 0.708 bits per heavy atom. The van der Waals surface area contributed by atoms with Crippen molar-refractivity contribution in [1.82, 2.24) is 0 Å². The standard InChI is InChI=1S/C21H35BO2/c1-13(2)17-11-16(12-18(14(3)4)19(17)15(5)6)22-23-20(7,8)21(9,10)24-22/h11-15H,1-10H3. The Kier molecular flexibility index (Phi) is 5.29. The summed E-state index contributed by atoms with van der Waals surface area (Å²) in [7, 11) is -0.286. The zero-order valence-corrected chi connectivity index (χ0v) is 17.3. The van der Waals surface area contributed by atoms with E-state index in [0.717, 1.165) is 5.46 Å². The third-order valence-electron chi connectivity index (χ3n) is 5.61.